The van der Waals surface area contributed by atoms with Gasteiger partial charge >= 0.3 is 0 Å². The number of hydrogen-bond donors (Lipinski definition) is 1. The molecule has 2 aromatic heterocycles. The summed E-state index contributed by atoms with van der Waals surface area (Å²) in [5, 5.41) is 6.87. The summed E-state index contributed by atoms with van der Waals surface area (Å²) in [7, 11) is 0. The Morgan fingerprint density at radius 1 is 1.20 bits per heavy atom. The van der Waals surface area contributed by atoms with Crippen molar-refractivity contribution in [2.45, 2.75) is 58.4 Å². The molecule has 1 saturated carbocycles. The van der Waals surface area contributed by atoms with Gasteiger partial charge in [0.05, 0.1) is 5.39 Å². The van der Waals surface area contributed by atoms with E-state index in [2.05, 4.69) is 32.5 Å². The van der Waals surface area contributed by atoms with Crippen LogP contribution in [-0.4, -0.2) is 39.9 Å². The minimum Gasteiger partial charge on any atom is -0.365 e. The topological polar surface area (TPSA) is 58.1 Å². The summed E-state index contributed by atoms with van der Waals surface area (Å²) in [4.78, 5) is 25.0. The Morgan fingerprint density at radius 2 is 2.00 bits per heavy atom. The van der Waals surface area contributed by atoms with Gasteiger partial charge in [-0.25, -0.2) is 9.97 Å². The van der Waals surface area contributed by atoms with Crippen molar-refractivity contribution in [3.63, 3.8) is 0 Å². The minimum absolute atomic E-state index is 0.264. The van der Waals surface area contributed by atoms with Gasteiger partial charge in [-0.1, -0.05) is 19.3 Å². The van der Waals surface area contributed by atoms with Gasteiger partial charge in [-0.3, -0.25) is 4.79 Å². The number of aryl methyl sites for hydroxylation is 2. The highest BCUT2D eigenvalue weighted by atomic mass is 32.1. The number of aromatic nitrogens is 2. The molecule has 134 valence electrons. The summed E-state index contributed by atoms with van der Waals surface area (Å²) in [5.74, 6) is 2.36. The molecule has 0 radical (unpaired) electrons. The highest BCUT2D eigenvalue weighted by molar-refractivity contribution is 7.17. The van der Waals surface area contributed by atoms with Crippen LogP contribution < -0.4 is 5.32 Å². The molecule has 0 bridgehead atoms. The summed E-state index contributed by atoms with van der Waals surface area (Å²) in [6.07, 6.45) is 6.85. The molecule has 25 heavy (non-hydrogen) atoms. The fraction of sp³-hybridized carbons (Fsp3) is 0.632. The molecule has 1 aliphatic carbocycles. The highest BCUT2D eigenvalue weighted by Gasteiger charge is 2.31. The van der Waals surface area contributed by atoms with Crippen molar-refractivity contribution in [1.82, 2.24) is 14.9 Å². The SMILES string of the molecule is Cc1nc(NC2CCN(C(=O)C3CCCCC3)C2)c2c(C)csc2n1. The molecule has 1 saturated heterocycles. The highest BCUT2D eigenvalue weighted by Crippen LogP contribution is 2.31. The van der Waals surface area contributed by atoms with E-state index in [4.69, 9.17) is 0 Å². The number of carbonyl (C=O) groups excluding carboxylic acids is 1. The van der Waals surface area contributed by atoms with Crippen molar-refractivity contribution >= 4 is 33.3 Å². The Balaban J connectivity index is 1.46. The van der Waals surface area contributed by atoms with E-state index < -0.39 is 0 Å². The van der Waals surface area contributed by atoms with Crippen molar-refractivity contribution in [2.75, 3.05) is 18.4 Å². The first-order valence-electron chi connectivity index (χ1n) is 9.39. The zero-order chi connectivity index (χ0) is 17.4. The molecule has 5 nitrogen and oxygen atoms in total. The Labute approximate surface area is 152 Å². The number of carbonyl (C=O) groups is 1. The molecule has 2 fully saturated rings. The predicted octanol–water partition coefficient (Wildman–Crippen LogP) is 3.90. The van der Waals surface area contributed by atoms with Crippen molar-refractivity contribution in [3.05, 3.63) is 16.8 Å². The van der Waals surface area contributed by atoms with E-state index in [9.17, 15) is 4.79 Å². The lowest BCUT2D eigenvalue weighted by Crippen LogP contribution is -2.37. The molecule has 0 spiro atoms. The van der Waals surface area contributed by atoms with E-state index >= 15 is 0 Å². The van der Waals surface area contributed by atoms with Crippen LogP contribution in [0.25, 0.3) is 10.2 Å². The number of anilines is 1. The molecule has 2 aliphatic rings. The maximum atomic E-state index is 12.8. The second kappa shape index (κ2) is 6.90. The number of amides is 1. The van der Waals surface area contributed by atoms with Crippen molar-refractivity contribution in [2.24, 2.45) is 5.92 Å². The number of nitrogens with zero attached hydrogens (tertiary/aromatic N) is 3. The van der Waals surface area contributed by atoms with E-state index in [-0.39, 0.29) is 12.0 Å². The van der Waals surface area contributed by atoms with Gasteiger partial charge in [-0.2, -0.15) is 0 Å². The largest absolute Gasteiger partial charge is 0.365 e. The number of likely N-dealkylation sites (tertiary alicyclic amines) is 1. The van der Waals surface area contributed by atoms with Crippen molar-refractivity contribution in [1.29, 1.82) is 0 Å². The molecule has 4 rings (SSSR count). The molecule has 3 heterocycles. The Bertz CT molecular complexity index is 781. The molecule has 0 aromatic carbocycles. The lowest BCUT2D eigenvalue weighted by atomic mass is 9.88. The van der Waals surface area contributed by atoms with E-state index in [1.807, 2.05) is 6.92 Å². The van der Waals surface area contributed by atoms with Gasteiger partial charge < -0.3 is 10.2 Å². The van der Waals surface area contributed by atoms with E-state index in [1.54, 1.807) is 11.3 Å². The summed E-state index contributed by atoms with van der Waals surface area (Å²) >= 11 is 1.67. The summed E-state index contributed by atoms with van der Waals surface area (Å²) < 4.78 is 0. The van der Waals surface area contributed by atoms with E-state index in [0.29, 0.717) is 5.91 Å². The van der Waals surface area contributed by atoms with Gasteiger partial charge in [0, 0.05) is 25.0 Å². The van der Waals surface area contributed by atoms with Crippen LogP contribution in [0, 0.1) is 19.8 Å². The van der Waals surface area contributed by atoms with Crippen LogP contribution in [0.3, 0.4) is 0 Å². The van der Waals surface area contributed by atoms with Crippen LogP contribution in [0.4, 0.5) is 5.82 Å². The molecule has 6 heteroatoms. The van der Waals surface area contributed by atoms with Gasteiger partial charge in [0.2, 0.25) is 5.91 Å². The van der Waals surface area contributed by atoms with Gasteiger partial charge in [0.1, 0.15) is 16.5 Å². The smallest absolute Gasteiger partial charge is 0.225 e. The fourth-order valence-corrected chi connectivity index (χ4v) is 5.14. The quantitative estimate of drug-likeness (QED) is 0.904. The first-order chi connectivity index (χ1) is 12.1. The number of fused-ring (bicyclic) bond motifs is 1. The van der Waals surface area contributed by atoms with Gasteiger partial charge in [0.25, 0.3) is 0 Å². The molecular weight excluding hydrogens is 332 g/mol. The first kappa shape index (κ1) is 16.8. The Morgan fingerprint density at radius 3 is 2.80 bits per heavy atom. The van der Waals surface area contributed by atoms with Crippen LogP contribution >= 0.6 is 11.3 Å². The molecule has 1 unspecified atom stereocenters. The number of hydrogen-bond acceptors (Lipinski definition) is 5. The zero-order valence-electron chi connectivity index (χ0n) is 15.0. The van der Waals surface area contributed by atoms with Crippen LogP contribution in [0.1, 0.15) is 49.9 Å². The summed E-state index contributed by atoms with van der Waals surface area (Å²) in [6, 6.07) is 0.282. The molecule has 1 amide bonds. The summed E-state index contributed by atoms with van der Waals surface area (Å²) in [5.41, 5.74) is 1.22. The maximum Gasteiger partial charge on any atom is 0.225 e. The third-order valence-corrected chi connectivity index (χ3v) is 6.51. The van der Waals surface area contributed by atoms with Gasteiger partial charge in [-0.05, 0) is 44.1 Å². The molecule has 1 atom stereocenters. The second-order valence-electron chi connectivity index (χ2n) is 7.47. The normalized spacial score (nSPS) is 21.8. The maximum absolute atomic E-state index is 12.8. The van der Waals surface area contributed by atoms with Crippen molar-refractivity contribution < 1.29 is 4.79 Å². The number of thiophene rings is 1. The molecule has 1 N–H and O–H groups in total. The standard InChI is InChI=1S/C19H26N4OS/c1-12-11-25-18-16(12)17(20-13(2)21-18)22-15-8-9-23(10-15)19(24)14-6-4-3-5-7-14/h11,14-15H,3-10H2,1-2H3,(H,20,21,22). The average molecular weight is 359 g/mol. The predicted molar refractivity (Wildman–Crippen MR) is 102 cm³/mol. The molecule has 2 aromatic rings. The van der Waals surface area contributed by atoms with Gasteiger partial charge in [-0.15, -0.1) is 11.3 Å². The lowest BCUT2D eigenvalue weighted by molar-refractivity contribution is -0.135. The monoisotopic (exact) mass is 358 g/mol. The second-order valence-corrected chi connectivity index (χ2v) is 8.33. The zero-order valence-corrected chi connectivity index (χ0v) is 15.9. The average Bonchev–Trinajstić information content (AvgIpc) is 3.22. The molecular formula is C19H26N4OS. The fourth-order valence-electron chi connectivity index (χ4n) is 4.17. The van der Waals surface area contributed by atoms with E-state index in [0.717, 1.165) is 54.2 Å². The van der Waals surface area contributed by atoms with Crippen LogP contribution in [0.15, 0.2) is 5.38 Å². The number of rotatable bonds is 3. The third-order valence-electron chi connectivity index (χ3n) is 5.52. The summed E-state index contributed by atoms with van der Waals surface area (Å²) in [6.45, 7) is 5.70. The van der Waals surface area contributed by atoms with Crippen LogP contribution in [-0.2, 0) is 4.79 Å². The first-order valence-corrected chi connectivity index (χ1v) is 10.3. The Hall–Kier alpha value is -1.69. The minimum atomic E-state index is 0.264. The Kier molecular flexibility index (Phi) is 4.63. The van der Waals surface area contributed by atoms with E-state index in [1.165, 1.54) is 24.8 Å². The lowest BCUT2D eigenvalue weighted by Gasteiger charge is -2.26. The van der Waals surface area contributed by atoms with Crippen LogP contribution in [0.5, 0.6) is 0 Å². The van der Waals surface area contributed by atoms with Gasteiger partial charge in [0.15, 0.2) is 0 Å². The number of nitrogens with one attached hydrogen (secondary N) is 1. The third kappa shape index (κ3) is 3.36. The van der Waals surface area contributed by atoms with Crippen LogP contribution in [0.2, 0.25) is 0 Å². The molecule has 1 aliphatic heterocycles. The van der Waals surface area contributed by atoms with Crippen molar-refractivity contribution in [3.8, 4) is 0 Å².